The van der Waals surface area contributed by atoms with Gasteiger partial charge in [-0.3, -0.25) is 9.88 Å². The van der Waals surface area contributed by atoms with E-state index in [1.54, 1.807) is 6.20 Å². The molecule has 4 heterocycles. The van der Waals surface area contributed by atoms with Gasteiger partial charge in [-0.15, -0.1) is 0 Å². The number of hydrogen-bond donors (Lipinski definition) is 3. The van der Waals surface area contributed by atoms with Crippen molar-refractivity contribution in [1.29, 1.82) is 0 Å². The van der Waals surface area contributed by atoms with Gasteiger partial charge in [-0.2, -0.15) is 39.5 Å². The van der Waals surface area contributed by atoms with Gasteiger partial charge in [0.15, 0.2) is 0 Å². The van der Waals surface area contributed by atoms with Gasteiger partial charge < -0.3 is 24.8 Å². The van der Waals surface area contributed by atoms with Gasteiger partial charge in [0.2, 0.25) is 5.88 Å². The summed E-state index contributed by atoms with van der Waals surface area (Å²) in [5, 5.41) is 21.4. The number of halogens is 9. The molecule has 2 aromatic rings. The van der Waals surface area contributed by atoms with E-state index in [-0.39, 0.29) is 5.41 Å². The highest BCUT2D eigenvalue weighted by Gasteiger charge is 2.46. The van der Waals surface area contributed by atoms with Crippen LogP contribution in [0.2, 0.25) is 0 Å². The number of aliphatic carboxylic acids is 3. The number of carboxylic acid groups (broad SMARTS) is 3. The van der Waals surface area contributed by atoms with Crippen molar-refractivity contribution in [3.63, 3.8) is 0 Å². The number of rotatable bonds is 5. The lowest BCUT2D eigenvalue weighted by atomic mass is 9.73. The molecule has 2 fully saturated rings. The van der Waals surface area contributed by atoms with Gasteiger partial charge >= 0.3 is 36.4 Å². The van der Waals surface area contributed by atoms with Crippen molar-refractivity contribution < 1.29 is 78.7 Å². The smallest absolute Gasteiger partial charge is 0.477 e. The Bertz CT molecular complexity index is 1180. The average molecular weight is 682 g/mol. The first-order valence-electron chi connectivity index (χ1n) is 12.8. The molecule has 0 saturated carbocycles. The van der Waals surface area contributed by atoms with Gasteiger partial charge in [0.25, 0.3) is 0 Å². The Morgan fingerprint density at radius 1 is 0.870 bits per heavy atom. The number of aromatic nitrogens is 2. The second kappa shape index (κ2) is 17.5. The number of pyridine rings is 2. The standard InChI is InChI=1S/C20H25N3O2.3C2HF3O2/c1-2-9-22-19(4-1)25-16-20-8-3-13-24-18(20)7-12-23(15-20)14-17-5-10-21-11-6-17;3*3-2(4,5)1(6)7/h1-2,4-6,9-11,18H,3,7-8,12-16H2;3*(H,6,7). The largest absolute Gasteiger partial charge is 0.490 e. The van der Waals surface area contributed by atoms with Crippen molar-refractivity contribution >= 4 is 17.9 Å². The third-order valence-electron chi connectivity index (χ3n) is 6.10. The molecule has 20 heteroatoms. The highest BCUT2D eigenvalue weighted by atomic mass is 19.4. The summed E-state index contributed by atoms with van der Waals surface area (Å²) in [6, 6.07) is 9.99. The highest BCUT2D eigenvalue weighted by Crippen LogP contribution is 2.41. The van der Waals surface area contributed by atoms with Gasteiger partial charge in [-0.1, -0.05) is 6.07 Å². The van der Waals surface area contributed by atoms with E-state index in [1.165, 1.54) is 5.56 Å². The monoisotopic (exact) mass is 681 g/mol. The van der Waals surface area contributed by atoms with Gasteiger partial charge in [0.05, 0.1) is 12.7 Å². The predicted molar refractivity (Wildman–Crippen MR) is 136 cm³/mol. The normalized spacial score (nSPS) is 19.7. The highest BCUT2D eigenvalue weighted by molar-refractivity contribution is 5.73. The molecule has 11 nitrogen and oxygen atoms in total. The molecule has 2 saturated heterocycles. The van der Waals surface area contributed by atoms with Crippen molar-refractivity contribution in [2.75, 3.05) is 26.3 Å². The molecule has 0 bridgehead atoms. The lowest BCUT2D eigenvalue weighted by Crippen LogP contribution is -2.57. The van der Waals surface area contributed by atoms with Crippen molar-refractivity contribution in [3.8, 4) is 5.88 Å². The van der Waals surface area contributed by atoms with Crippen LogP contribution in [0, 0.1) is 5.41 Å². The Balaban J connectivity index is 0.000000413. The topological polar surface area (TPSA) is 159 Å². The van der Waals surface area contributed by atoms with Crippen LogP contribution < -0.4 is 4.74 Å². The molecule has 2 aliphatic rings. The minimum Gasteiger partial charge on any atom is -0.477 e. The van der Waals surface area contributed by atoms with Crippen LogP contribution in [0.25, 0.3) is 0 Å². The molecule has 2 atom stereocenters. The Kier molecular flexibility index (Phi) is 15.1. The van der Waals surface area contributed by atoms with Crippen molar-refractivity contribution in [2.24, 2.45) is 5.41 Å². The van der Waals surface area contributed by atoms with E-state index in [1.807, 2.05) is 30.6 Å². The molecular formula is C26H28F9N3O8. The van der Waals surface area contributed by atoms with E-state index in [9.17, 15) is 39.5 Å². The van der Waals surface area contributed by atoms with E-state index >= 15 is 0 Å². The lowest BCUT2D eigenvalue weighted by Gasteiger charge is -2.50. The van der Waals surface area contributed by atoms with Crippen LogP contribution in [-0.2, 0) is 25.7 Å². The van der Waals surface area contributed by atoms with Crippen LogP contribution in [0.1, 0.15) is 24.8 Å². The molecule has 2 aliphatic heterocycles. The molecule has 0 spiro atoms. The summed E-state index contributed by atoms with van der Waals surface area (Å²) in [5.41, 5.74) is 1.37. The number of fused-ring (bicyclic) bond motifs is 1. The van der Waals surface area contributed by atoms with Crippen molar-refractivity contribution in [2.45, 2.75) is 50.4 Å². The molecule has 2 unspecified atom stereocenters. The Morgan fingerprint density at radius 3 is 1.85 bits per heavy atom. The molecule has 0 amide bonds. The number of alkyl halides is 9. The molecule has 258 valence electrons. The summed E-state index contributed by atoms with van der Waals surface area (Å²) in [5.74, 6) is -7.57. The molecule has 46 heavy (non-hydrogen) atoms. The second-order valence-electron chi connectivity index (χ2n) is 9.55. The summed E-state index contributed by atoms with van der Waals surface area (Å²) in [6.45, 7) is 4.58. The fourth-order valence-corrected chi connectivity index (χ4v) is 4.12. The zero-order chi connectivity index (χ0) is 35.2. The van der Waals surface area contributed by atoms with Gasteiger partial charge in [0, 0.05) is 56.3 Å². The molecule has 4 rings (SSSR count). The van der Waals surface area contributed by atoms with Crippen LogP contribution in [0.3, 0.4) is 0 Å². The van der Waals surface area contributed by atoms with Crippen LogP contribution in [0.5, 0.6) is 5.88 Å². The van der Waals surface area contributed by atoms with E-state index in [0.29, 0.717) is 18.6 Å². The fraction of sp³-hybridized carbons (Fsp3) is 0.500. The van der Waals surface area contributed by atoms with Crippen molar-refractivity contribution in [3.05, 3.63) is 54.5 Å². The Morgan fingerprint density at radius 2 is 1.39 bits per heavy atom. The molecule has 2 aromatic heterocycles. The first kappa shape index (κ1) is 39.8. The molecule has 0 aliphatic carbocycles. The lowest BCUT2D eigenvalue weighted by molar-refractivity contribution is -0.193. The summed E-state index contributed by atoms with van der Waals surface area (Å²) in [7, 11) is 0. The number of nitrogens with zero attached hydrogens (tertiary/aromatic N) is 3. The number of carbonyl (C=O) groups is 3. The average Bonchev–Trinajstić information content (AvgIpc) is 2.96. The summed E-state index contributed by atoms with van der Waals surface area (Å²) in [6.07, 6.45) is -6.13. The first-order chi connectivity index (χ1) is 21.2. The number of hydrogen-bond acceptors (Lipinski definition) is 8. The van der Waals surface area contributed by atoms with E-state index in [0.717, 1.165) is 45.5 Å². The molecule has 3 N–H and O–H groups in total. The van der Waals surface area contributed by atoms with Gasteiger partial charge in [0.1, 0.15) is 0 Å². The quantitative estimate of drug-likeness (QED) is 0.371. The van der Waals surface area contributed by atoms with Crippen molar-refractivity contribution in [1.82, 2.24) is 14.9 Å². The minimum absolute atomic E-state index is 0.0566. The molecule has 0 aromatic carbocycles. The zero-order valence-electron chi connectivity index (χ0n) is 23.5. The second-order valence-corrected chi connectivity index (χ2v) is 9.55. The predicted octanol–water partition coefficient (Wildman–Crippen LogP) is 4.83. The Labute approximate surface area is 254 Å². The zero-order valence-corrected chi connectivity index (χ0v) is 23.5. The third kappa shape index (κ3) is 14.7. The molecular weight excluding hydrogens is 653 g/mol. The number of piperidine rings is 1. The number of likely N-dealkylation sites (tertiary alicyclic amines) is 1. The number of ether oxygens (including phenoxy) is 2. The maximum absolute atomic E-state index is 10.6. The summed E-state index contributed by atoms with van der Waals surface area (Å²) >= 11 is 0. The van der Waals surface area contributed by atoms with E-state index in [2.05, 4.69) is 27.0 Å². The maximum atomic E-state index is 10.6. The maximum Gasteiger partial charge on any atom is 0.490 e. The SMILES string of the molecule is O=C(O)C(F)(F)F.O=C(O)C(F)(F)F.O=C(O)C(F)(F)F.c1ccc(OCC23CCCOC2CCN(Cc2ccncc2)C3)nc1. The van der Waals surface area contributed by atoms with Crippen LogP contribution in [0.15, 0.2) is 48.9 Å². The van der Waals surface area contributed by atoms with Crippen LogP contribution >= 0.6 is 0 Å². The molecule has 0 radical (unpaired) electrons. The minimum atomic E-state index is -5.08. The van der Waals surface area contributed by atoms with E-state index in [4.69, 9.17) is 39.2 Å². The summed E-state index contributed by atoms with van der Waals surface area (Å²) in [4.78, 5) is 37.6. The first-order valence-corrected chi connectivity index (χ1v) is 12.8. The van der Waals surface area contributed by atoms with Gasteiger partial charge in [-0.25, -0.2) is 19.4 Å². The van der Waals surface area contributed by atoms with Gasteiger partial charge in [-0.05, 0) is 43.0 Å². The summed E-state index contributed by atoms with van der Waals surface area (Å²) < 4.78 is 107. The third-order valence-corrected chi connectivity index (χ3v) is 6.10. The number of carboxylic acids is 3. The van der Waals surface area contributed by atoms with Crippen LogP contribution in [0.4, 0.5) is 39.5 Å². The Hall–Kier alpha value is -4.20. The van der Waals surface area contributed by atoms with Crippen LogP contribution in [-0.4, -0.2) is 99.0 Å². The van der Waals surface area contributed by atoms with E-state index < -0.39 is 36.4 Å². The fourth-order valence-electron chi connectivity index (χ4n) is 4.12.